The maximum atomic E-state index is 10.8. The molecular formula is C6H13NO3. The van der Waals surface area contributed by atoms with Gasteiger partial charge in [0.25, 0.3) is 5.91 Å². The van der Waals surface area contributed by atoms with Crippen LogP contribution >= 0.6 is 0 Å². The third-order valence-electron chi connectivity index (χ3n) is 1.05. The summed E-state index contributed by atoms with van der Waals surface area (Å²) in [7, 11) is 4.61. The van der Waals surface area contributed by atoms with E-state index < -0.39 is 6.10 Å². The highest BCUT2D eigenvalue weighted by atomic mass is 16.5. The van der Waals surface area contributed by atoms with Crippen LogP contribution in [0.5, 0.6) is 0 Å². The Labute approximate surface area is 60.4 Å². The first kappa shape index (κ1) is 9.39. The van der Waals surface area contributed by atoms with Crippen LogP contribution in [0.3, 0.4) is 0 Å². The lowest BCUT2D eigenvalue weighted by molar-refractivity contribution is -0.140. The number of likely N-dealkylation sites (N-methyl/N-ethyl adjacent to an activating group) is 1. The molecule has 0 rings (SSSR count). The first-order valence-electron chi connectivity index (χ1n) is 2.97. The van der Waals surface area contributed by atoms with Gasteiger partial charge in [-0.2, -0.15) is 0 Å². The van der Waals surface area contributed by atoms with E-state index in [1.54, 1.807) is 14.1 Å². The van der Waals surface area contributed by atoms with Crippen LogP contribution in [0.25, 0.3) is 0 Å². The molecule has 0 saturated heterocycles. The van der Waals surface area contributed by atoms with Gasteiger partial charge in [-0.15, -0.1) is 0 Å². The smallest absolute Gasteiger partial charge is 0.253 e. The first-order chi connectivity index (χ1) is 4.59. The molecule has 1 amide bonds. The number of carbonyl (C=O) groups is 1. The van der Waals surface area contributed by atoms with Crippen molar-refractivity contribution in [3.8, 4) is 0 Å². The second-order valence-corrected chi connectivity index (χ2v) is 2.20. The second kappa shape index (κ2) is 4.24. The molecule has 0 aliphatic rings. The third kappa shape index (κ3) is 2.80. The van der Waals surface area contributed by atoms with E-state index in [1.807, 2.05) is 0 Å². The van der Waals surface area contributed by atoms with Gasteiger partial charge in [0.2, 0.25) is 0 Å². The predicted molar refractivity (Wildman–Crippen MR) is 36.6 cm³/mol. The van der Waals surface area contributed by atoms with Crippen LogP contribution < -0.4 is 0 Å². The van der Waals surface area contributed by atoms with Gasteiger partial charge >= 0.3 is 0 Å². The molecule has 0 aromatic rings. The van der Waals surface area contributed by atoms with Gasteiger partial charge in [-0.3, -0.25) is 4.79 Å². The van der Waals surface area contributed by atoms with Crippen molar-refractivity contribution in [1.29, 1.82) is 0 Å². The Kier molecular flexibility index (Phi) is 3.99. The van der Waals surface area contributed by atoms with Crippen molar-refractivity contribution in [3.05, 3.63) is 0 Å². The molecule has 0 saturated carbocycles. The maximum Gasteiger partial charge on any atom is 0.253 e. The van der Waals surface area contributed by atoms with E-state index in [0.717, 1.165) is 0 Å². The molecule has 0 fully saturated rings. The van der Waals surface area contributed by atoms with Gasteiger partial charge in [0.15, 0.2) is 6.10 Å². The lowest BCUT2D eigenvalue weighted by Gasteiger charge is -2.14. The van der Waals surface area contributed by atoms with Gasteiger partial charge in [0.05, 0.1) is 6.61 Å². The second-order valence-electron chi connectivity index (χ2n) is 2.20. The van der Waals surface area contributed by atoms with Crippen molar-refractivity contribution in [2.45, 2.75) is 6.10 Å². The lowest BCUT2D eigenvalue weighted by Crippen LogP contribution is -2.36. The molecule has 1 unspecified atom stereocenters. The van der Waals surface area contributed by atoms with Crippen LogP contribution in [0.1, 0.15) is 0 Å². The van der Waals surface area contributed by atoms with E-state index in [0.29, 0.717) is 0 Å². The van der Waals surface area contributed by atoms with Gasteiger partial charge in [-0.25, -0.2) is 0 Å². The fraction of sp³-hybridized carbons (Fsp3) is 0.833. The summed E-state index contributed by atoms with van der Waals surface area (Å²) in [6.07, 6.45) is -1.03. The number of aliphatic hydroxyl groups is 1. The topological polar surface area (TPSA) is 49.8 Å². The van der Waals surface area contributed by atoms with Gasteiger partial charge in [0, 0.05) is 21.2 Å². The number of nitrogens with zero attached hydrogens (tertiary/aromatic N) is 1. The molecule has 0 aromatic carbocycles. The number of methoxy groups -OCH3 is 1. The average molecular weight is 147 g/mol. The van der Waals surface area contributed by atoms with Crippen LogP contribution in [-0.2, 0) is 9.53 Å². The summed E-state index contributed by atoms with van der Waals surface area (Å²) in [4.78, 5) is 12.2. The van der Waals surface area contributed by atoms with Crippen LogP contribution in [0.2, 0.25) is 0 Å². The number of hydrogen-bond acceptors (Lipinski definition) is 3. The quantitative estimate of drug-likeness (QED) is 0.561. The number of ether oxygens (including phenoxy) is 1. The molecule has 4 heteroatoms. The molecular weight excluding hydrogens is 134 g/mol. The predicted octanol–water partition coefficient (Wildman–Crippen LogP) is -0.918. The van der Waals surface area contributed by atoms with Crippen LogP contribution in [0.15, 0.2) is 0 Å². The highest BCUT2D eigenvalue weighted by Crippen LogP contribution is 1.88. The number of rotatable bonds is 3. The summed E-state index contributed by atoms with van der Waals surface area (Å²) in [6, 6.07) is 0. The van der Waals surface area contributed by atoms with Crippen LogP contribution in [0.4, 0.5) is 0 Å². The minimum atomic E-state index is -1.03. The summed E-state index contributed by atoms with van der Waals surface area (Å²) < 4.78 is 4.58. The lowest BCUT2D eigenvalue weighted by atomic mass is 10.3. The fourth-order valence-electron chi connectivity index (χ4n) is 0.527. The zero-order valence-corrected chi connectivity index (χ0v) is 6.50. The van der Waals surface area contributed by atoms with Crippen molar-refractivity contribution in [3.63, 3.8) is 0 Å². The minimum Gasteiger partial charge on any atom is -0.381 e. The van der Waals surface area contributed by atoms with Crippen molar-refractivity contribution in [2.24, 2.45) is 0 Å². The van der Waals surface area contributed by atoms with E-state index in [-0.39, 0.29) is 12.5 Å². The first-order valence-corrected chi connectivity index (χ1v) is 2.97. The average Bonchev–Trinajstić information content (AvgIpc) is 1.87. The molecule has 0 aromatic heterocycles. The number of hydrogen-bond donors (Lipinski definition) is 1. The monoisotopic (exact) mass is 147 g/mol. The fourth-order valence-corrected chi connectivity index (χ4v) is 0.527. The summed E-state index contributed by atoms with van der Waals surface area (Å²) in [5, 5.41) is 8.97. The molecule has 0 heterocycles. The van der Waals surface area contributed by atoms with E-state index >= 15 is 0 Å². The Balaban J connectivity index is 3.71. The zero-order valence-electron chi connectivity index (χ0n) is 6.50. The van der Waals surface area contributed by atoms with E-state index in [1.165, 1.54) is 12.0 Å². The zero-order chi connectivity index (χ0) is 8.15. The van der Waals surface area contributed by atoms with E-state index in [4.69, 9.17) is 5.11 Å². The number of amides is 1. The Morgan fingerprint density at radius 1 is 1.70 bits per heavy atom. The Morgan fingerprint density at radius 2 is 2.20 bits per heavy atom. The molecule has 0 spiro atoms. The van der Waals surface area contributed by atoms with E-state index in [2.05, 4.69) is 4.74 Å². The molecule has 60 valence electrons. The SMILES string of the molecule is COCC(O)C(=O)N(C)C. The summed E-state index contributed by atoms with van der Waals surface area (Å²) >= 11 is 0. The van der Waals surface area contributed by atoms with E-state index in [9.17, 15) is 4.79 Å². The molecule has 0 aliphatic heterocycles. The van der Waals surface area contributed by atoms with Gasteiger partial charge < -0.3 is 14.7 Å². The highest BCUT2D eigenvalue weighted by Gasteiger charge is 2.15. The van der Waals surface area contributed by atoms with Crippen LogP contribution in [0, 0.1) is 0 Å². The molecule has 10 heavy (non-hydrogen) atoms. The van der Waals surface area contributed by atoms with Gasteiger partial charge in [-0.05, 0) is 0 Å². The Morgan fingerprint density at radius 3 is 2.50 bits per heavy atom. The van der Waals surface area contributed by atoms with Crippen molar-refractivity contribution >= 4 is 5.91 Å². The summed E-state index contributed by atoms with van der Waals surface area (Å²) in [5.74, 6) is -0.332. The standard InChI is InChI=1S/C6H13NO3/c1-7(2)6(9)5(8)4-10-3/h5,8H,4H2,1-3H3. The van der Waals surface area contributed by atoms with Gasteiger partial charge in [-0.1, -0.05) is 0 Å². The van der Waals surface area contributed by atoms with Gasteiger partial charge in [0.1, 0.15) is 0 Å². The minimum absolute atomic E-state index is 0.0526. The molecule has 1 N–H and O–H groups in total. The van der Waals surface area contributed by atoms with Crippen molar-refractivity contribution in [1.82, 2.24) is 4.90 Å². The maximum absolute atomic E-state index is 10.8. The Hall–Kier alpha value is -0.610. The Bertz CT molecular complexity index is 114. The molecule has 1 atom stereocenters. The third-order valence-corrected chi connectivity index (χ3v) is 1.05. The number of aliphatic hydroxyl groups excluding tert-OH is 1. The molecule has 0 bridgehead atoms. The molecule has 4 nitrogen and oxygen atoms in total. The number of carbonyl (C=O) groups excluding carboxylic acids is 1. The largest absolute Gasteiger partial charge is 0.381 e. The molecule has 0 aliphatic carbocycles. The summed E-state index contributed by atoms with van der Waals surface area (Å²) in [6.45, 7) is 0.0526. The van der Waals surface area contributed by atoms with Crippen molar-refractivity contribution < 1.29 is 14.6 Å². The van der Waals surface area contributed by atoms with Crippen LogP contribution in [-0.4, -0.2) is 49.8 Å². The summed E-state index contributed by atoms with van der Waals surface area (Å²) in [5.41, 5.74) is 0. The highest BCUT2D eigenvalue weighted by molar-refractivity contribution is 5.80. The molecule has 0 radical (unpaired) electrons. The van der Waals surface area contributed by atoms with Crippen molar-refractivity contribution in [2.75, 3.05) is 27.8 Å². The normalized spacial score (nSPS) is 12.8.